The lowest BCUT2D eigenvalue weighted by molar-refractivity contribution is -0.149. The topological polar surface area (TPSA) is 92.0 Å². The summed E-state index contributed by atoms with van der Waals surface area (Å²) in [6, 6.07) is 1.50. The highest BCUT2D eigenvalue weighted by molar-refractivity contribution is 7.99. The van der Waals surface area contributed by atoms with Gasteiger partial charge in [-0.3, -0.25) is 18.8 Å². The SMILES string of the molecule is O=C(CSCc1cc(=O)n2ccsc2n1)N1C[C@@H]2CCC[C@@]2(C(=O)O)C1. The van der Waals surface area contributed by atoms with Crippen LogP contribution >= 0.6 is 23.1 Å². The second-order valence-corrected chi connectivity index (χ2v) is 8.82. The smallest absolute Gasteiger partial charge is 0.311 e. The highest BCUT2D eigenvalue weighted by Gasteiger charge is 2.55. The molecule has 7 nitrogen and oxygen atoms in total. The number of carboxylic acids is 1. The molecule has 0 aromatic carbocycles. The Bertz CT molecular complexity index is 924. The van der Waals surface area contributed by atoms with E-state index < -0.39 is 11.4 Å². The Hall–Kier alpha value is -1.87. The monoisotopic (exact) mass is 393 g/mol. The molecule has 1 aliphatic carbocycles. The fraction of sp³-hybridized carbons (Fsp3) is 0.529. The molecule has 1 saturated carbocycles. The molecule has 1 N–H and O–H groups in total. The first-order chi connectivity index (χ1) is 12.5. The standard InChI is InChI=1S/C17H19N3O4S2/c21-13-6-12(18-16-20(13)4-5-26-16)8-25-9-14(22)19-7-11-2-1-3-17(11,10-19)15(23)24/h4-6,11H,1-3,7-10H2,(H,23,24)/t11-,17+/m0/s1. The van der Waals surface area contributed by atoms with Gasteiger partial charge in [0.25, 0.3) is 5.56 Å². The van der Waals surface area contributed by atoms with E-state index in [9.17, 15) is 19.5 Å². The molecule has 2 aromatic rings. The first-order valence-electron chi connectivity index (χ1n) is 8.54. The number of aromatic nitrogens is 2. The van der Waals surface area contributed by atoms with Crippen molar-refractivity contribution in [1.29, 1.82) is 0 Å². The molecule has 9 heteroatoms. The minimum Gasteiger partial charge on any atom is -0.481 e. The van der Waals surface area contributed by atoms with Gasteiger partial charge in [-0.15, -0.1) is 23.1 Å². The van der Waals surface area contributed by atoms with E-state index in [4.69, 9.17) is 0 Å². The number of nitrogens with zero attached hydrogens (tertiary/aromatic N) is 3. The van der Waals surface area contributed by atoms with Crippen LogP contribution in [0.3, 0.4) is 0 Å². The summed E-state index contributed by atoms with van der Waals surface area (Å²) in [5.74, 6) is 0.0395. The summed E-state index contributed by atoms with van der Waals surface area (Å²) in [6.07, 6.45) is 4.18. The number of hydrogen-bond acceptors (Lipinski definition) is 6. The van der Waals surface area contributed by atoms with E-state index in [1.54, 1.807) is 11.1 Å². The van der Waals surface area contributed by atoms with Gasteiger partial charge in [0.15, 0.2) is 4.96 Å². The maximum absolute atomic E-state index is 12.5. The zero-order valence-electron chi connectivity index (χ0n) is 14.1. The Morgan fingerprint density at radius 1 is 1.46 bits per heavy atom. The third kappa shape index (κ3) is 2.92. The number of thioether (sulfide) groups is 1. The molecule has 2 aromatic heterocycles. The molecule has 1 aliphatic heterocycles. The van der Waals surface area contributed by atoms with Crippen molar-refractivity contribution in [3.8, 4) is 0 Å². The molecule has 0 bridgehead atoms. The summed E-state index contributed by atoms with van der Waals surface area (Å²) in [4.78, 5) is 43.0. The fourth-order valence-corrected chi connectivity index (χ4v) is 5.68. The molecular weight excluding hydrogens is 374 g/mol. The first kappa shape index (κ1) is 17.5. The molecule has 4 rings (SSSR count). The average molecular weight is 393 g/mol. The van der Waals surface area contributed by atoms with Crippen molar-refractivity contribution in [3.05, 3.63) is 33.7 Å². The Labute approximate surface area is 158 Å². The lowest BCUT2D eigenvalue weighted by Gasteiger charge is -2.23. The van der Waals surface area contributed by atoms with Crippen LogP contribution in [0.2, 0.25) is 0 Å². The normalized spacial score (nSPS) is 24.9. The lowest BCUT2D eigenvalue weighted by Crippen LogP contribution is -2.37. The number of aliphatic carboxylic acids is 1. The van der Waals surface area contributed by atoms with Crippen LogP contribution in [0.1, 0.15) is 25.0 Å². The number of thiazole rings is 1. The molecule has 26 heavy (non-hydrogen) atoms. The van der Waals surface area contributed by atoms with Gasteiger partial charge in [-0.2, -0.15) is 0 Å². The highest BCUT2D eigenvalue weighted by Crippen LogP contribution is 2.48. The van der Waals surface area contributed by atoms with Gasteiger partial charge in [0.05, 0.1) is 16.9 Å². The summed E-state index contributed by atoms with van der Waals surface area (Å²) < 4.78 is 1.50. The summed E-state index contributed by atoms with van der Waals surface area (Å²) >= 11 is 2.81. The molecule has 3 heterocycles. The number of carboxylic acid groups (broad SMARTS) is 1. The third-order valence-electron chi connectivity index (χ3n) is 5.48. The Morgan fingerprint density at radius 3 is 3.08 bits per heavy atom. The number of hydrogen-bond donors (Lipinski definition) is 1. The zero-order chi connectivity index (χ0) is 18.3. The van der Waals surface area contributed by atoms with Crippen LogP contribution in [0.5, 0.6) is 0 Å². The van der Waals surface area contributed by atoms with Gasteiger partial charge in [0.1, 0.15) is 0 Å². The zero-order valence-corrected chi connectivity index (χ0v) is 15.7. The van der Waals surface area contributed by atoms with Crippen LogP contribution in [-0.2, 0) is 15.3 Å². The van der Waals surface area contributed by atoms with Gasteiger partial charge in [-0.25, -0.2) is 4.98 Å². The minimum atomic E-state index is -0.767. The van der Waals surface area contributed by atoms with Gasteiger partial charge in [-0.1, -0.05) is 6.42 Å². The number of carbonyl (C=O) groups excluding carboxylic acids is 1. The van der Waals surface area contributed by atoms with Gasteiger partial charge >= 0.3 is 5.97 Å². The van der Waals surface area contributed by atoms with E-state index in [-0.39, 0.29) is 23.1 Å². The molecule has 2 fully saturated rings. The van der Waals surface area contributed by atoms with Crippen LogP contribution in [0.4, 0.5) is 0 Å². The van der Waals surface area contributed by atoms with Crippen LogP contribution in [-0.4, -0.2) is 50.1 Å². The molecule has 1 amide bonds. The van der Waals surface area contributed by atoms with E-state index in [2.05, 4.69) is 4.98 Å². The van der Waals surface area contributed by atoms with Gasteiger partial charge in [0, 0.05) is 36.5 Å². The van der Waals surface area contributed by atoms with Crippen LogP contribution < -0.4 is 5.56 Å². The maximum Gasteiger partial charge on any atom is 0.311 e. The predicted octanol–water partition coefficient (Wildman–Crippen LogP) is 1.70. The van der Waals surface area contributed by atoms with Crippen LogP contribution in [0, 0.1) is 11.3 Å². The van der Waals surface area contributed by atoms with Gasteiger partial charge in [-0.05, 0) is 18.8 Å². The molecule has 138 valence electrons. The van der Waals surface area contributed by atoms with Crippen molar-refractivity contribution in [2.45, 2.75) is 25.0 Å². The molecule has 0 spiro atoms. The molecule has 2 atom stereocenters. The van der Waals surface area contributed by atoms with Gasteiger partial charge < -0.3 is 10.0 Å². The van der Waals surface area contributed by atoms with Gasteiger partial charge in [0.2, 0.25) is 5.91 Å². The Kier molecular flexibility index (Phi) is 4.52. The fourth-order valence-electron chi connectivity index (χ4n) is 4.12. The second kappa shape index (κ2) is 6.70. The van der Waals surface area contributed by atoms with Crippen molar-refractivity contribution in [2.75, 3.05) is 18.8 Å². The predicted molar refractivity (Wildman–Crippen MR) is 99.5 cm³/mol. The van der Waals surface area contributed by atoms with Crippen molar-refractivity contribution >= 4 is 39.9 Å². The quantitative estimate of drug-likeness (QED) is 0.831. The van der Waals surface area contributed by atoms with Crippen molar-refractivity contribution in [3.63, 3.8) is 0 Å². The maximum atomic E-state index is 12.5. The summed E-state index contributed by atoms with van der Waals surface area (Å²) in [5.41, 5.74) is -0.190. The first-order valence-corrected chi connectivity index (χ1v) is 10.6. The number of fused-ring (bicyclic) bond motifs is 2. The second-order valence-electron chi connectivity index (χ2n) is 6.96. The van der Waals surface area contributed by atoms with E-state index in [0.717, 1.165) is 12.8 Å². The largest absolute Gasteiger partial charge is 0.481 e. The minimum absolute atomic E-state index is 0.0288. The Morgan fingerprint density at radius 2 is 2.31 bits per heavy atom. The molecule has 0 unspecified atom stereocenters. The van der Waals surface area contributed by atoms with E-state index >= 15 is 0 Å². The number of likely N-dealkylation sites (tertiary alicyclic amines) is 1. The van der Waals surface area contributed by atoms with E-state index in [1.165, 1.54) is 33.6 Å². The average Bonchev–Trinajstić information content (AvgIpc) is 3.28. The number of amides is 1. The van der Waals surface area contributed by atoms with Crippen molar-refractivity contribution < 1.29 is 14.7 Å². The van der Waals surface area contributed by atoms with Crippen LogP contribution in [0.25, 0.3) is 4.96 Å². The highest BCUT2D eigenvalue weighted by atomic mass is 32.2. The van der Waals surface area contributed by atoms with Crippen molar-refractivity contribution in [1.82, 2.24) is 14.3 Å². The van der Waals surface area contributed by atoms with Crippen molar-refractivity contribution in [2.24, 2.45) is 11.3 Å². The molecule has 2 aliphatic rings. The number of rotatable bonds is 5. The van der Waals surface area contributed by atoms with Crippen LogP contribution in [0.15, 0.2) is 22.4 Å². The third-order valence-corrected chi connectivity index (χ3v) is 7.19. The summed E-state index contributed by atoms with van der Waals surface area (Å²) in [6.45, 7) is 0.875. The van der Waals surface area contributed by atoms with E-state index in [1.807, 2.05) is 5.38 Å². The molecule has 0 radical (unpaired) electrons. The Balaban J connectivity index is 1.36. The summed E-state index contributed by atoms with van der Waals surface area (Å²) in [5, 5.41) is 11.4. The summed E-state index contributed by atoms with van der Waals surface area (Å²) in [7, 11) is 0. The number of carbonyl (C=O) groups is 2. The van der Waals surface area contributed by atoms with E-state index in [0.29, 0.717) is 35.9 Å². The lowest BCUT2D eigenvalue weighted by atomic mass is 9.81. The molecular formula is C17H19N3O4S2. The molecule has 1 saturated heterocycles.